The van der Waals surface area contributed by atoms with E-state index in [4.69, 9.17) is 5.73 Å². The van der Waals surface area contributed by atoms with Crippen LogP contribution in [0.1, 0.15) is 46.0 Å². The molecule has 0 aromatic carbocycles. The summed E-state index contributed by atoms with van der Waals surface area (Å²) in [4.78, 5) is 2.50. The van der Waals surface area contributed by atoms with Gasteiger partial charge in [-0.15, -0.1) is 0 Å². The van der Waals surface area contributed by atoms with E-state index in [0.717, 1.165) is 12.6 Å². The first-order chi connectivity index (χ1) is 6.14. The summed E-state index contributed by atoms with van der Waals surface area (Å²) in [5.41, 5.74) is 6.08. The average molecular weight is 184 g/mol. The van der Waals surface area contributed by atoms with Crippen molar-refractivity contribution in [3.8, 4) is 0 Å². The Kier molecular flexibility index (Phi) is 3.74. The van der Waals surface area contributed by atoms with Crippen molar-refractivity contribution in [2.45, 2.75) is 57.5 Å². The normalized spacial score (nSPS) is 35.5. The van der Waals surface area contributed by atoms with Gasteiger partial charge in [0.1, 0.15) is 0 Å². The van der Waals surface area contributed by atoms with E-state index in [2.05, 4.69) is 25.8 Å². The molecule has 2 N–H and O–H groups in total. The molecule has 0 amide bonds. The van der Waals surface area contributed by atoms with Gasteiger partial charge in [-0.05, 0) is 33.2 Å². The van der Waals surface area contributed by atoms with Crippen LogP contribution in [0.25, 0.3) is 0 Å². The van der Waals surface area contributed by atoms with Crippen LogP contribution in [-0.4, -0.2) is 30.1 Å². The van der Waals surface area contributed by atoms with Crippen LogP contribution in [0, 0.1) is 0 Å². The van der Waals surface area contributed by atoms with Crippen LogP contribution < -0.4 is 5.73 Å². The summed E-state index contributed by atoms with van der Waals surface area (Å²) in [7, 11) is 2.24. The predicted molar refractivity (Wildman–Crippen MR) is 57.8 cm³/mol. The predicted octanol–water partition coefficient (Wildman–Crippen LogP) is 1.99. The fourth-order valence-corrected chi connectivity index (χ4v) is 2.31. The molecule has 1 fully saturated rings. The molecule has 1 aliphatic heterocycles. The lowest BCUT2D eigenvalue weighted by Gasteiger charge is -2.34. The lowest BCUT2D eigenvalue weighted by Crippen LogP contribution is -2.47. The van der Waals surface area contributed by atoms with Gasteiger partial charge in [-0.25, -0.2) is 0 Å². The first-order valence-corrected chi connectivity index (χ1v) is 5.57. The molecule has 2 unspecified atom stereocenters. The zero-order valence-electron chi connectivity index (χ0n) is 9.34. The largest absolute Gasteiger partial charge is 0.329 e. The van der Waals surface area contributed by atoms with Gasteiger partial charge < -0.3 is 5.73 Å². The Morgan fingerprint density at radius 3 is 2.69 bits per heavy atom. The van der Waals surface area contributed by atoms with E-state index in [1.807, 2.05) is 0 Å². The smallest absolute Gasteiger partial charge is 0.0304 e. The van der Waals surface area contributed by atoms with Gasteiger partial charge >= 0.3 is 0 Å². The number of likely N-dealkylation sites (N-methyl/N-ethyl adjacent to an activating group) is 1. The Balaban J connectivity index is 2.45. The number of hydrogen-bond acceptors (Lipinski definition) is 2. The molecule has 0 aromatic rings. The van der Waals surface area contributed by atoms with Crippen LogP contribution in [0.5, 0.6) is 0 Å². The molecule has 1 aliphatic rings. The maximum absolute atomic E-state index is 5.81. The number of unbranched alkanes of at least 4 members (excludes halogenated alkanes) is 1. The molecule has 78 valence electrons. The van der Waals surface area contributed by atoms with Gasteiger partial charge in [0.2, 0.25) is 0 Å². The molecule has 1 rings (SSSR count). The van der Waals surface area contributed by atoms with E-state index in [9.17, 15) is 0 Å². The number of hydrogen-bond donors (Lipinski definition) is 1. The SMILES string of the molecule is CCCCC1CCC(C)(CN)N1C. The summed E-state index contributed by atoms with van der Waals surface area (Å²) in [6.07, 6.45) is 6.63. The number of rotatable bonds is 4. The van der Waals surface area contributed by atoms with Crippen molar-refractivity contribution in [1.82, 2.24) is 4.90 Å². The summed E-state index contributed by atoms with van der Waals surface area (Å²) < 4.78 is 0. The molecular weight excluding hydrogens is 160 g/mol. The lowest BCUT2D eigenvalue weighted by molar-refractivity contribution is 0.151. The van der Waals surface area contributed by atoms with Crippen LogP contribution in [-0.2, 0) is 0 Å². The molecule has 0 saturated carbocycles. The summed E-state index contributed by atoms with van der Waals surface area (Å²) in [6.45, 7) is 5.35. The van der Waals surface area contributed by atoms with Crippen molar-refractivity contribution in [2.75, 3.05) is 13.6 Å². The van der Waals surface area contributed by atoms with Crippen LogP contribution in [0.15, 0.2) is 0 Å². The molecule has 1 saturated heterocycles. The van der Waals surface area contributed by atoms with Crippen molar-refractivity contribution in [3.63, 3.8) is 0 Å². The Bertz CT molecular complexity index is 156. The third-order valence-corrected chi connectivity index (χ3v) is 3.75. The van der Waals surface area contributed by atoms with Crippen molar-refractivity contribution in [2.24, 2.45) is 5.73 Å². The highest BCUT2D eigenvalue weighted by atomic mass is 15.2. The highest BCUT2D eigenvalue weighted by Gasteiger charge is 2.38. The third kappa shape index (κ3) is 2.23. The van der Waals surface area contributed by atoms with Crippen molar-refractivity contribution >= 4 is 0 Å². The van der Waals surface area contributed by atoms with E-state index in [1.54, 1.807) is 0 Å². The molecule has 0 bridgehead atoms. The van der Waals surface area contributed by atoms with Crippen LogP contribution in [0.4, 0.5) is 0 Å². The van der Waals surface area contributed by atoms with Gasteiger partial charge in [-0.1, -0.05) is 19.8 Å². The lowest BCUT2D eigenvalue weighted by atomic mass is 10.00. The summed E-state index contributed by atoms with van der Waals surface area (Å²) >= 11 is 0. The second-order valence-electron chi connectivity index (χ2n) is 4.65. The molecule has 13 heavy (non-hydrogen) atoms. The quantitative estimate of drug-likeness (QED) is 0.724. The third-order valence-electron chi connectivity index (χ3n) is 3.75. The van der Waals surface area contributed by atoms with Crippen LogP contribution in [0.3, 0.4) is 0 Å². The first kappa shape index (κ1) is 11.0. The second kappa shape index (κ2) is 4.43. The second-order valence-corrected chi connectivity index (χ2v) is 4.65. The molecule has 0 aliphatic carbocycles. The highest BCUT2D eigenvalue weighted by molar-refractivity contribution is 4.96. The summed E-state index contributed by atoms with van der Waals surface area (Å²) in [5, 5.41) is 0. The topological polar surface area (TPSA) is 29.3 Å². The maximum Gasteiger partial charge on any atom is 0.0304 e. The van der Waals surface area contributed by atoms with Crippen molar-refractivity contribution in [3.05, 3.63) is 0 Å². The molecule has 2 nitrogen and oxygen atoms in total. The standard InChI is InChI=1S/C11H24N2/c1-4-5-6-10-7-8-11(2,9-12)13(10)3/h10H,4-9,12H2,1-3H3. The van der Waals surface area contributed by atoms with Gasteiger partial charge in [0, 0.05) is 18.1 Å². The minimum Gasteiger partial charge on any atom is -0.329 e. The summed E-state index contributed by atoms with van der Waals surface area (Å²) in [6, 6.07) is 0.786. The molecule has 1 heterocycles. The van der Waals surface area contributed by atoms with Gasteiger partial charge in [0.25, 0.3) is 0 Å². The Labute approximate surface area is 82.5 Å². The molecule has 2 atom stereocenters. The fraction of sp³-hybridized carbons (Fsp3) is 1.00. The van der Waals surface area contributed by atoms with E-state index >= 15 is 0 Å². The Morgan fingerprint density at radius 2 is 2.23 bits per heavy atom. The molecule has 0 spiro atoms. The van der Waals surface area contributed by atoms with Gasteiger partial charge in [-0.2, -0.15) is 0 Å². The minimum atomic E-state index is 0.276. The zero-order valence-corrected chi connectivity index (χ0v) is 9.34. The molecule has 0 aromatic heterocycles. The minimum absolute atomic E-state index is 0.276. The van der Waals surface area contributed by atoms with E-state index < -0.39 is 0 Å². The maximum atomic E-state index is 5.81. The Hall–Kier alpha value is -0.0800. The van der Waals surface area contributed by atoms with Crippen LogP contribution in [0.2, 0.25) is 0 Å². The Morgan fingerprint density at radius 1 is 1.54 bits per heavy atom. The van der Waals surface area contributed by atoms with Crippen LogP contribution >= 0.6 is 0 Å². The fourth-order valence-electron chi connectivity index (χ4n) is 2.31. The van der Waals surface area contributed by atoms with E-state index in [-0.39, 0.29) is 5.54 Å². The zero-order chi connectivity index (χ0) is 9.90. The van der Waals surface area contributed by atoms with E-state index in [1.165, 1.54) is 32.1 Å². The highest BCUT2D eigenvalue weighted by Crippen LogP contribution is 2.33. The van der Waals surface area contributed by atoms with E-state index in [0.29, 0.717) is 0 Å². The van der Waals surface area contributed by atoms with Crippen molar-refractivity contribution in [1.29, 1.82) is 0 Å². The number of nitrogens with two attached hydrogens (primary N) is 1. The molecular formula is C11H24N2. The molecule has 0 radical (unpaired) electrons. The monoisotopic (exact) mass is 184 g/mol. The first-order valence-electron chi connectivity index (χ1n) is 5.57. The van der Waals surface area contributed by atoms with Gasteiger partial charge in [0.05, 0.1) is 0 Å². The van der Waals surface area contributed by atoms with Crippen molar-refractivity contribution < 1.29 is 0 Å². The molecule has 2 heteroatoms. The van der Waals surface area contributed by atoms with Gasteiger partial charge in [-0.3, -0.25) is 4.90 Å². The number of nitrogens with zero attached hydrogens (tertiary/aromatic N) is 1. The summed E-state index contributed by atoms with van der Waals surface area (Å²) in [5.74, 6) is 0. The average Bonchev–Trinajstić information content (AvgIpc) is 2.43. The number of likely N-dealkylation sites (tertiary alicyclic amines) is 1. The van der Waals surface area contributed by atoms with Gasteiger partial charge in [0.15, 0.2) is 0 Å².